The lowest BCUT2D eigenvalue weighted by molar-refractivity contribution is 0.340. The van der Waals surface area contributed by atoms with Gasteiger partial charge in [-0.1, -0.05) is 18.2 Å². The minimum Gasteiger partial charge on any atom is -0.494 e. The Hall–Kier alpha value is -1.28. The Kier molecular flexibility index (Phi) is 4.91. The molecule has 0 aliphatic heterocycles. The summed E-state index contributed by atoms with van der Waals surface area (Å²) in [7, 11) is 1.95. The highest BCUT2D eigenvalue weighted by molar-refractivity contribution is 5.28. The van der Waals surface area contributed by atoms with Crippen molar-refractivity contribution in [2.45, 2.75) is 19.4 Å². The van der Waals surface area contributed by atoms with Crippen molar-refractivity contribution >= 4 is 0 Å². The lowest BCUT2D eigenvalue weighted by Gasteiger charge is -2.11. The molecule has 0 spiro atoms. The van der Waals surface area contributed by atoms with E-state index in [1.165, 1.54) is 5.56 Å². The van der Waals surface area contributed by atoms with Gasteiger partial charge in [0.25, 0.3) is 0 Å². The van der Waals surface area contributed by atoms with E-state index in [9.17, 15) is 0 Å². The van der Waals surface area contributed by atoms with Gasteiger partial charge in [0.1, 0.15) is 5.75 Å². The summed E-state index contributed by atoms with van der Waals surface area (Å²) in [5, 5.41) is 3.19. The molecule has 2 heteroatoms. The van der Waals surface area contributed by atoms with Gasteiger partial charge in [0.2, 0.25) is 0 Å². The number of nitrogens with one attached hydrogen (secondary N) is 1. The fourth-order valence-corrected chi connectivity index (χ4v) is 1.45. The van der Waals surface area contributed by atoms with E-state index in [2.05, 4.69) is 24.0 Å². The average Bonchev–Trinajstić information content (AvgIpc) is 2.28. The molecule has 1 rings (SSSR count). The maximum atomic E-state index is 5.38. The Morgan fingerprint density at radius 1 is 1.40 bits per heavy atom. The van der Waals surface area contributed by atoms with Gasteiger partial charge in [-0.25, -0.2) is 0 Å². The molecule has 0 bridgehead atoms. The molecular formula is C13H19NO. The first-order valence-electron chi connectivity index (χ1n) is 5.31. The molecule has 0 aliphatic carbocycles. The Bertz CT molecular complexity index is 292. The van der Waals surface area contributed by atoms with Crippen LogP contribution in [0.3, 0.4) is 0 Å². The summed E-state index contributed by atoms with van der Waals surface area (Å²) in [4.78, 5) is 0. The van der Waals surface area contributed by atoms with Gasteiger partial charge in [-0.2, -0.15) is 0 Å². The number of ether oxygens (including phenoxy) is 1. The van der Waals surface area contributed by atoms with Gasteiger partial charge >= 0.3 is 0 Å². The van der Waals surface area contributed by atoms with Crippen LogP contribution in [-0.4, -0.2) is 19.7 Å². The second-order valence-electron chi connectivity index (χ2n) is 3.41. The molecule has 2 nitrogen and oxygen atoms in total. The largest absolute Gasteiger partial charge is 0.494 e. The maximum absolute atomic E-state index is 5.38. The van der Waals surface area contributed by atoms with Crippen LogP contribution in [0.1, 0.15) is 12.5 Å². The summed E-state index contributed by atoms with van der Waals surface area (Å²) in [5.41, 5.74) is 1.29. The van der Waals surface area contributed by atoms with Crippen LogP contribution in [0.2, 0.25) is 0 Å². The molecule has 0 aliphatic rings. The zero-order valence-electron chi connectivity index (χ0n) is 9.49. The monoisotopic (exact) mass is 205 g/mol. The first kappa shape index (κ1) is 11.8. The quantitative estimate of drug-likeness (QED) is 0.720. The van der Waals surface area contributed by atoms with E-state index in [4.69, 9.17) is 4.74 Å². The summed E-state index contributed by atoms with van der Waals surface area (Å²) in [6, 6.07) is 8.55. The van der Waals surface area contributed by atoms with Crippen molar-refractivity contribution in [3.05, 3.63) is 42.5 Å². The number of likely N-dealkylation sites (N-methyl/N-ethyl adjacent to an activating group) is 1. The second kappa shape index (κ2) is 6.25. The van der Waals surface area contributed by atoms with E-state index in [1.807, 2.05) is 32.2 Å². The Balaban J connectivity index is 2.59. The Labute approximate surface area is 92.0 Å². The third-order valence-electron chi connectivity index (χ3n) is 2.35. The predicted octanol–water partition coefficient (Wildman–Crippen LogP) is 2.40. The molecule has 0 saturated heterocycles. The van der Waals surface area contributed by atoms with Gasteiger partial charge in [0.05, 0.1) is 6.61 Å². The van der Waals surface area contributed by atoms with Crippen LogP contribution in [0.15, 0.2) is 36.9 Å². The molecule has 1 unspecified atom stereocenters. The van der Waals surface area contributed by atoms with Gasteiger partial charge in [-0.05, 0) is 38.1 Å². The standard InChI is InChI=1S/C13H19NO/c1-4-12(14-3)10-11-6-8-13(9-7-11)15-5-2/h4,6-9,12,14H,1,5,10H2,2-3H3. The molecule has 0 fully saturated rings. The molecule has 0 heterocycles. The van der Waals surface area contributed by atoms with Crippen LogP contribution in [-0.2, 0) is 6.42 Å². The minimum atomic E-state index is 0.336. The molecular weight excluding hydrogens is 186 g/mol. The summed E-state index contributed by atoms with van der Waals surface area (Å²) in [5.74, 6) is 0.931. The fraction of sp³-hybridized carbons (Fsp3) is 0.385. The van der Waals surface area contributed by atoms with Crippen molar-refractivity contribution in [3.8, 4) is 5.75 Å². The molecule has 0 amide bonds. The molecule has 1 aromatic carbocycles. The average molecular weight is 205 g/mol. The van der Waals surface area contributed by atoms with Crippen molar-refractivity contribution in [2.24, 2.45) is 0 Å². The molecule has 0 saturated carbocycles. The maximum Gasteiger partial charge on any atom is 0.119 e. The van der Waals surface area contributed by atoms with Gasteiger partial charge in [0, 0.05) is 6.04 Å². The van der Waals surface area contributed by atoms with Gasteiger partial charge in [-0.15, -0.1) is 6.58 Å². The first-order chi connectivity index (χ1) is 7.30. The third kappa shape index (κ3) is 3.76. The first-order valence-corrected chi connectivity index (χ1v) is 5.31. The van der Waals surface area contributed by atoms with Crippen molar-refractivity contribution in [2.75, 3.05) is 13.7 Å². The molecule has 0 radical (unpaired) electrons. The summed E-state index contributed by atoms with van der Waals surface area (Å²) >= 11 is 0. The van der Waals surface area contributed by atoms with Crippen LogP contribution < -0.4 is 10.1 Å². The smallest absolute Gasteiger partial charge is 0.119 e. The van der Waals surface area contributed by atoms with Gasteiger partial charge in [-0.3, -0.25) is 0 Å². The van der Waals surface area contributed by atoms with Gasteiger partial charge < -0.3 is 10.1 Å². The van der Waals surface area contributed by atoms with Crippen molar-refractivity contribution < 1.29 is 4.74 Å². The predicted molar refractivity (Wildman–Crippen MR) is 64.4 cm³/mol. The van der Waals surface area contributed by atoms with E-state index in [-0.39, 0.29) is 0 Å². The normalized spacial score (nSPS) is 12.1. The van der Waals surface area contributed by atoms with Crippen LogP contribution in [0.5, 0.6) is 5.75 Å². The van der Waals surface area contributed by atoms with Crippen molar-refractivity contribution in [1.82, 2.24) is 5.32 Å². The van der Waals surface area contributed by atoms with Crippen molar-refractivity contribution in [3.63, 3.8) is 0 Å². The molecule has 15 heavy (non-hydrogen) atoms. The SMILES string of the molecule is C=CC(Cc1ccc(OCC)cc1)NC. The zero-order valence-corrected chi connectivity index (χ0v) is 9.49. The molecule has 82 valence electrons. The molecule has 1 atom stereocenters. The van der Waals surface area contributed by atoms with Crippen LogP contribution in [0, 0.1) is 0 Å². The highest BCUT2D eigenvalue weighted by atomic mass is 16.5. The third-order valence-corrected chi connectivity index (χ3v) is 2.35. The van der Waals surface area contributed by atoms with E-state index in [1.54, 1.807) is 0 Å². The number of hydrogen-bond acceptors (Lipinski definition) is 2. The minimum absolute atomic E-state index is 0.336. The lowest BCUT2D eigenvalue weighted by Crippen LogP contribution is -2.24. The van der Waals surface area contributed by atoms with Crippen molar-refractivity contribution in [1.29, 1.82) is 0 Å². The summed E-state index contributed by atoms with van der Waals surface area (Å²) in [6.07, 6.45) is 2.89. The van der Waals surface area contributed by atoms with Crippen LogP contribution in [0.4, 0.5) is 0 Å². The molecule has 0 aromatic heterocycles. The topological polar surface area (TPSA) is 21.3 Å². The summed E-state index contributed by atoms with van der Waals surface area (Å²) in [6.45, 7) is 6.49. The Morgan fingerprint density at radius 2 is 2.07 bits per heavy atom. The van der Waals surface area contributed by atoms with Gasteiger partial charge in [0.15, 0.2) is 0 Å². The molecule has 1 aromatic rings. The number of benzene rings is 1. The fourth-order valence-electron chi connectivity index (χ4n) is 1.45. The summed E-state index contributed by atoms with van der Waals surface area (Å²) < 4.78 is 5.38. The van der Waals surface area contributed by atoms with Crippen LogP contribution in [0.25, 0.3) is 0 Å². The zero-order chi connectivity index (χ0) is 11.1. The van der Waals surface area contributed by atoms with Crippen LogP contribution >= 0.6 is 0 Å². The van der Waals surface area contributed by atoms with E-state index in [0.717, 1.165) is 12.2 Å². The molecule has 1 N–H and O–H groups in total. The van der Waals surface area contributed by atoms with E-state index >= 15 is 0 Å². The second-order valence-corrected chi connectivity index (χ2v) is 3.41. The Morgan fingerprint density at radius 3 is 2.53 bits per heavy atom. The number of hydrogen-bond donors (Lipinski definition) is 1. The van der Waals surface area contributed by atoms with E-state index < -0.39 is 0 Å². The lowest BCUT2D eigenvalue weighted by atomic mass is 10.1. The van der Waals surface area contributed by atoms with E-state index in [0.29, 0.717) is 12.6 Å². The highest BCUT2D eigenvalue weighted by Gasteiger charge is 2.02. The highest BCUT2D eigenvalue weighted by Crippen LogP contribution is 2.13. The number of rotatable bonds is 6.